The molecular weight excluding hydrogens is 214 g/mol. The van der Waals surface area contributed by atoms with Crippen LogP contribution in [-0.2, 0) is 4.79 Å². The maximum absolute atomic E-state index is 11.5. The van der Waals surface area contributed by atoms with E-state index in [9.17, 15) is 4.79 Å². The molecule has 2 unspecified atom stereocenters. The highest BCUT2D eigenvalue weighted by Gasteiger charge is 2.21. The molecule has 0 spiro atoms. The summed E-state index contributed by atoms with van der Waals surface area (Å²) < 4.78 is 0. The Morgan fingerprint density at radius 3 is 2.71 bits per heavy atom. The molecule has 0 heterocycles. The zero-order valence-electron chi connectivity index (χ0n) is 10.1. The molecule has 0 bridgehead atoms. The van der Waals surface area contributed by atoms with Gasteiger partial charge in [0.05, 0.1) is 11.6 Å². The van der Waals surface area contributed by atoms with Crippen molar-refractivity contribution in [2.24, 2.45) is 5.73 Å². The van der Waals surface area contributed by atoms with E-state index in [2.05, 4.69) is 11.4 Å². The predicted octanol–water partition coefficient (Wildman–Crippen LogP) is 1.47. The van der Waals surface area contributed by atoms with Gasteiger partial charge in [0.2, 0.25) is 5.91 Å². The summed E-state index contributed by atoms with van der Waals surface area (Å²) in [5.41, 5.74) is 6.50. The molecule has 1 aromatic rings. The Bertz CT molecular complexity index is 437. The van der Waals surface area contributed by atoms with Crippen molar-refractivity contribution in [1.29, 1.82) is 5.26 Å². The van der Waals surface area contributed by atoms with Gasteiger partial charge in [-0.05, 0) is 25.0 Å². The molecule has 1 aromatic carbocycles. The van der Waals surface area contributed by atoms with Gasteiger partial charge in [0.1, 0.15) is 6.04 Å². The molecule has 0 aliphatic rings. The third-order valence-corrected chi connectivity index (χ3v) is 2.74. The zero-order chi connectivity index (χ0) is 12.8. The van der Waals surface area contributed by atoms with Crippen molar-refractivity contribution >= 4 is 5.91 Å². The first-order valence-corrected chi connectivity index (χ1v) is 5.64. The number of nitrogens with zero attached hydrogens (tertiary/aromatic N) is 1. The third-order valence-electron chi connectivity index (χ3n) is 2.74. The van der Waals surface area contributed by atoms with Gasteiger partial charge in [-0.1, -0.05) is 25.1 Å². The summed E-state index contributed by atoms with van der Waals surface area (Å²) in [4.78, 5) is 11.5. The van der Waals surface area contributed by atoms with Crippen LogP contribution in [0.1, 0.15) is 37.4 Å². The molecule has 0 aromatic heterocycles. The fourth-order valence-corrected chi connectivity index (χ4v) is 1.58. The van der Waals surface area contributed by atoms with Crippen LogP contribution in [0.2, 0.25) is 0 Å². The molecule has 90 valence electrons. The van der Waals surface area contributed by atoms with Crippen LogP contribution in [0.3, 0.4) is 0 Å². The van der Waals surface area contributed by atoms with Gasteiger partial charge in [-0.2, -0.15) is 5.26 Å². The van der Waals surface area contributed by atoms with Crippen LogP contribution in [0.25, 0.3) is 0 Å². The molecule has 0 aliphatic carbocycles. The van der Waals surface area contributed by atoms with E-state index in [1.807, 2.05) is 13.8 Å². The minimum Gasteiger partial charge on any atom is -0.368 e. The predicted molar refractivity (Wildman–Crippen MR) is 66.0 cm³/mol. The lowest BCUT2D eigenvalue weighted by Gasteiger charge is -2.21. The molecule has 0 aliphatic heterocycles. The highest BCUT2D eigenvalue weighted by molar-refractivity contribution is 5.82. The SMILES string of the molecule is CCC(C)NC(C(N)=O)c1ccccc1C#N. The summed E-state index contributed by atoms with van der Waals surface area (Å²) >= 11 is 0. The standard InChI is InChI=1S/C13H17N3O/c1-3-9(2)16-12(13(15)17)11-7-5-4-6-10(11)8-14/h4-7,9,12,16H,3H2,1-2H3,(H2,15,17). The molecule has 2 atom stereocenters. The Kier molecular flexibility index (Phi) is 4.68. The Hall–Kier alpha value is -1.86. The molecule has 0 saturated carbocycles. The van der Waals surface area contributed by atoms with Crippen molar-refractivity contribution in [3.8, 4) is 6.07 Å². The van der Waals surface area contributed by atoms with E-state index in [4.69, 9.17) is 11.0 Å². The van der Waals surface area contributed by atoms with Crippen LogP contribution >= 0.6 is 0 Å². The Labute approximate surface area is 101 Å². The van der Waals surface area contributed by atoms with Crippen LogP contribution in [-0.4, -0.2) is 11.9 Å². The van der Waals surface area contributed by atoms with E-state index >= 15 is 0 Å². The quantitative estimate of drug-likeness (QED) is 0.805. The molecule has 4 nitrogen and oxygen atoms in total. The van der Waals surface area contributed by atoms with E-state index in [-0.39, 0.29) is 6.04 Å². The average Bonchev–Trinajstić information content (AvgIpc) is 2.35. The van der Waals surface area contributed by atoms with Crippen LogP contribution < -0.4 is 11.1 Å². The van der Waals surface area contributed by atoms with Crippen LogP contribution in [0.15, 0.2) is 24.3 Å². The number of carbonyl (C=O) groups excluding carboxylic acids is 1. The second-order valence-corrected chi connectivity index (χ2v) is 4.01. The van der Waals surface area contributed by atoms with Gasteiger partial charge in [0.25, 0.3) is 0 Å². The maximum atomic E-state index is 11.5. The number of nitrogens with one attached hydrogen (secondary N) is 1. The molecule has 0 radical (unpaired) electrons. The number of nitriles is 1. The molecule has 0 fully saturated rings. The Balaban J connectivity index is 3.06. The highest BCUT2D eigenvalue weighted by atomic mass is 16.1. The molecular formula is C13H17N3O. The van der Waals surface area contributed by atoms with Gasteiger partial charge in [0, 0.05) is 6.04 Å². The lowest BCUT2D eigenvalue weighted by atomic mass is 9.99. The molecule has 3 N–H and O–H groups in total. The van der Waals surface area contributed by atoms with Gasteiger partial charge < -0.3 is 5.73 Å². The first-order chi connectivity index (χ1) is 8.10. The molecule has 17 heavy (non-hydrogen) atoms. The van der Waals surface area contributed by atoms with Gasteiger partial charge in [-0.3, -0.25) is 10.1 Å². The second kappa shape index (κ2) is 6.02. The first-order valence-electron chi connectivity index (χ1n) is 5.64. The summed E-state index contributed by atoms with van der Waals surface area (Å²) in [6.07, 6.45) is 0.887. The summed E-state index contributed by atoms with van der Waals surface area (Å²) in [6, 6.07) is 8.63. The van der Waals surface area contributed by atoms with Gasteiger partial charge in [0.15, 0.2) is 0 Å². The number of rotatable bonds is 5. The Morgan fingerprint density at radius 1 is 1.53 bits per heavy atom. The van der Waals surface area contributed by atoms with Crippen LogP contribution in [0.5, 0.6) is 0 Å². The van der Waals surface area contributed by atoms with E-state index < -0.39 is 11.9 Å². The topological polar surface area (TPSA) is 78.9 Å². The lowest BCUT2D eigenvalue weighted by Crippen LogP contribution is -2.38. The summed E-state index contributed by atoms with van der Waals surface area (Å²) in [6.45, 7) is 4.00. The van der Waals surface area contributed by atoms with Crippen molar-refractivity contribution in [3.05, 3.63) is 35.4 Å². The summed E-state index contributed by atoms with van der Waals surface area (Å²) in [5, 5.41) is 12.1. The Morgan fingerprint density at radius 2 is 2.18 bits per heavy atom. The first kappa shape index (κ1) is 13.2. The van der Waals surface area contributed by atoms with E-state index in [1.54, 1.807) is 24.3 Å². The minimum absolute atomic E-state index is 0.166. The van der Waals surface area contributed by atoms with Gasteiger partial charge in [-0.25, -0.2) is 0 Å². The molecule has 1 rings (SSSR count). The fraction of sp³-hybridized carbons (Fsp3) is 0.385. The van der Waals surface area contributed by atoms with Crippen molar-refractivity contribution < 1.29 is 4.79 Å². The van der Waals surface area contributed by atoms with Crippen molar-refractivity contribution in [2.45, 2.75) is 32.4 Å². The molecule has 0 saturated heterocycles. The summed E-state index contributed by atoms with van der Waals surface area (Å²) in [5.74, 6) is -0.465. The number of carbonyl (C=O) groups is 1. The zero-order valence-corrected chi connectivity index (χ0v) is 10.1. The third kappa shape index (κ3) is 3.30. The number of benzene rings is 1. The fourth-order valence-electron chi connectivity index (χ4n) is 1.58. The average molecular weight is 231 g/mol. The monoisotopic (exact) mass is 231 g/mol. The second-order valence-electron chi connectivity index (χ2n) is 4.01. The van der Waals surface area contributed by atoms with E-state index in [1.165, 1.54) is 0 Å². The minimum atomic E-state index is -0.610. The molecule has 1 amide bonds. The van der Waals surface area contributed by atoms with Crippen LogP contribution in [0, 0.1) is 11.3 Å². The lowest BCUT2D eigenvalue weighted by molar-refractivity contribution is -0.120. The largest absolute Gasteiger partial charge is 0.368 e. The van der Waals surface area contributed by atoms with Crippen molar-refractivity contribution in [2.75, 3.05) is 0 Å². The van der Waals surface area contributed by atoms with Crippen LogP contribution in [0.4, 0.5) is 0 Å². The maximum Gasteiger partial charge on any atom is 0.239 e. The van der Waals surface area contributed by atoms with E-state index in [0.717, 1.165) is 6.42 Å². The number of nitrogens with two attached hydrogens (primary N) is 1. The normalized spacial score (nSPS) is 13.7. The van der Waals surface area contributed by atoms with Gasteiger partial charge >= 0.3 is 0 Å². The number of hydrogen-bond donors (Lipinski definition) is 2. The van der Waals surface area contributed by atoms with Gasteiger partial charge in [-0.15, -0.1) is 0 Å². The van der Waals surface area contributed by atoms with Crippen molar-refractivity contribution in [1.82, 2.24) is 5.32 Å². The summed E-state index contributed by atoms with van der Waals surface area (Å²) in [7, 11) is 0. The highest BCUT2D eigenvalue weighted by Crippen LogP contribution is 2.18. The van der Waals surface area contributed by atoms with Crippen molar-refractivity contribution in [3.63, 3.8) is 0 Å². The smallest absolute Gasteiger partial charge is 0.239 e. The number of primary amides is 1. The number of amides is 1. The number of hydrogen-bond acceptors (Lipinski definition) is 3. The van der Waals surface area contributed by atoms with E-state index in [0.29, 0.717) is 11.1 Å². The molecule has 4 heteroatoms.